The highest BCUT2D eigenvalue weighted by atomic mass is 16.5. The van der Waals surface area contributed by atoms with E-state index in [1.165, 1.54) is 19.4 Å². The fourth-order valence-corrected chi connectivity index (χ4v) is 2.00. The molecule has 1 rings (SSSR count). The van der Waals surface area contributed by atoms with Crippen LogP contribution in [-0.2, 0) is 4.74 Å². The third-order valence-electron chi connectivity index (χ3n) is 3.28. The molecule has 1 aliphatic rings. The second-order valence-corrected chi connectivity index (χ2v) is 4.30. The Kier molecular flexibility index (Phi) is 5.45. The van der Waals surface area contributed by atoms with E-state index >= 15 is 0 Å². The minimum atomic E-state index is 0.661. The molecule has 1 aliphatic heterocycles. The van der Waals surface area contributed by atoms with E-state index in [0.717, 1.165) is 25.7 Å². The second-order valence-electron chi connectivity index (χ2n) is 4.30. The largest absolute Gasteiger partial charge is 0.381 e. The average molecular weight is 200 g/mol. The molecule has 0 amide bonds. The van der Waals surface area contributed by atoms with Gasteiger partial charge in [0.05, 0.1) is 6.61 Å². The van der Waals surface area contributed by atoms with E-state index < -0.39 is 0 Å². The van der Waals surface area contributed by atoms with Gasteiger partial charge in [0.15, 0.2) is 0 Å². The summed E-state index contributed by atoms with van der Waals surface area (Å²) in [6, 6.07) is 0.661. The maximum atomic E-state index is 5.42. The van der Waals surface area contributed by atoms with E-state index in [-0.39, 0.29) is 0 Å². The zero-order valence-corrected chi connectivity index (χ0v) is 9.75. The Labute approximate surface area is 87.8 Å². The fraction of sp³-hybridized carbons (Fsp3) is 1.00. The molecule has 0 saturated carbocycles. The average Bonchev–Trinajstić information content (AvgIpc) is 2.69. The van der Waals surface area contributed by atoms with Gasteiger partial charge in [0, 0.05) is 12.6 Å². The first kappa shape index (κ1) is 12.0. The SMILES string of the molecule is CNCCCN(C)C(C)C1CCOC1. The van der Waals surface area contributed by atoms with Crippen molar-refractivity contribution in [3.63, 3.8) is 0 Å². The van der Waals surface area contributed by atoms with Crippen molar-refractivity contribution in [2.75, 3.05) is 40.4 Å². The lowest BCUT2D eigenvalue weighted by Gasteiger charge is -2.28. The summed E-state index contributed by atoms with van der Waals surface area (Å²) in [6.07, 6.45) is 2.46. The standard InChI is InChI=1S/C11H24N2O/c1-10(11-5-8-14-9-11)13(3)7-4-6-12-2/h10-12H,4-9H2,1-3H3. The number of nitrogens with one attached hydrogen (secondary N) is 1. The molecule has 0 radical (unpaired) electrons. The summed E-state index contributed by atoms with van der Waals surface area (Å²) in [5.41, 5.74) is 0. The monoisotopic (exact) mass is 200 g/mol. The highest BCUT2D eigenvalue weighted by molar-refractivity contribution is 4.76. The molecule has 14 heavy (non-hydrogen) atoms. The Balaban J connectivity index is 2.17. The lowest BCUT2D eigenvalue weighted by atomic mass is 9.99. The fourth-order valence-electron chi connectivity index (χ4n) is 2.00. The Hall–Kier alpha value is -0.120. The number of nitrogens with zero attached hydrogens (tertiary/aromatic N) is 1. The predicted molar refractivity (Wildman–Crippen MR) is 59.6 cm³/mol. The van der Waals surface area contributed by atoms with Gasteiger partial charge in [0.25, 0.3) is 0 Å². The Morgan fingerprint density at radius 3 is 2.93 bits per heavy atom. The van der Waals surface area contributed by atoms with E-state index in [2.05, 4.69) is 24.2 Å². The van der Waals surface area contributed by atoms with Crippen LogP contribution in [0.2, 0.25) is 0 Å². The molecule has 0 aromatic heterocycles. The maximum absolute atomic E-state index is 5.42. The predicted octanol–water partition coefficient (Wildman–Crippen LogP) is 0.953. The van der Waals surface area contributed by atoms with Crippen molar-refractivity contribution in [1.82, 2.24) is 10.2 Å². The Bertz CT molecular complexity index is 146. The molecular weight excluding hydrogens is 176 g/mol. The molecule has 1 saturated heterocycles. The molecule has 0 bridgehead atoms. The summed E-state index contributed by atoms with van der Waals surface area (Å²) < 4.78 is 5.42. The van der Waals surface area contributed by atoms with Crippen LogP contribution >= 0.6 is 0 Å². The lowest BCUT2D eigenvalue weighted by molar-refractivity contribution is 0.144. The molecule has 0 aliphatic carbocycles. The quantitative estimate of drug-likeness (QED) is 0.646. The summed E-state index contributed by atoms with van der Waals surface area (Å²) in [7, 11) is 4.23. The topological polar surface area (TPSA) is 24.5 Å². The highest BCUT2D eigenvalue weighted by Gasteiger charge is 2.24. The van der Waals surface area contributed by atoms with Crippen LogP contribution in [0.1, 0.15) is 19.8 Å². The lowest BCUT2D eigenvalue weighted by Crippen LogP contribution is -2.37. The van der Waals surface area contributed by atoms with Crippen LogP contribution in [0.4, 0.5) is 0 Å². The first-order valence-corrected chi connectivity index (χ1v) is 5.68. The Morgan fingerprint density at radius 2 is 2.36 bits per heavy atom. The van der Waals surface area contributed by atoms with Gasteiger partial charge in [-0.3, -0.25) is 0 Å². The molecule has 1 fully saturated rings. The number of ether oxygens (including phenoxy) is 1. The molecular formula is C11H24N2O. The summed E-state index contributed by atoms with van der Waals surface area (Å²) in [5.74, 6) is 0.745. The normalized spacial score (nSPS) is 24.4. The third-order valence-corrected chi connectivity index (χ3v) is 3.28. The smallest absolute Gasteiger partial charge is 0.0509 e. The van der Waals surface area contributed by atoms with Crippen LogP contribution < -0.4 is 5.32 Å². The first-order valence-electron chi connectivity index (χ1n) is 5.68. The van der Waals surface area contributed by atoms with E-state index in [4.69, 9.17) is 4.74 Å². The van der Waals surface area contributed by atoms with Crippen molar-refractivity contribution in [1.29, 1.82) is 0 Å². The van der Waals surface area contributed by atoms with Crippen LogP contribution in [0.3, 0.4) is 0 Å². The molecule has 0 spiro atoms. The molecule has 0 aromatic rings. The van der Waals surface area contributed by atoms with E-state index in [1.807, 2.05) is 7.05 Å². The van der Waals surface area contributed by atoms with Gasteiger partial charge in [-0.1, -0.05) is 0 Å². The Morgan fingerprint density at radius 1 is 1.57 bits per heavy atom. The van der Waals surface area contributed by atoms with Crippen LogP contribution in [0.5, 0.6) is 0 Å². The molecule has 2 unspecified atom stereocenters. The molecule has 1 heterocycles. The van der Waals surface area contributed by atoms with Crippen LogP contribution in [0, 0.1) is 5.92 Å². The van der Waals surface area contributed by atoms with Crippen LogP contribution in [0.15, 0.2) is 0 Å². The number of hydrogen-bond donors (Lipinski definition) is 1. The second kappa shape index (κ2) is 6.38. The van der Waals surface area contributed by atoms with Gasteiger partial charge in [-0.15, -0.1) is 0 Å². The van der Waals surface area contributed by atoms with Crippen LogP contribution in [0.25, 0.3) is 0 Å². The van der Waals surface area contributed by atoms with Crippen molar-refractivity contribution < 1.29 is 4.74 Å². The zero-order chi connectivity index (χ0) is 10.4. The van der Waals surface area contributed by atoms with Gasteiger partial charge in [-0.2, -0.15) is 0 Å². The maximum Gasteiger partial charge on any atom is 0.0509 e. The minimum Gasteiger partial charge on any atom is -0.381 e. The van der Waals surface area contributed by atoms with Gasteiger partial charge in [-0.05, 0) is 52.9 Å². The molecule has 2 atom stereocenters. The summed E-state index contributed by atoms with van der Waals surface area (Å²) in [4.78, 5) is 2.46. The van der Waals surface area contributed by atoms with Gasteiger partial charge >= 0.3 is 0 Å². The van der Waals surface area contributed by atoms with Crippen LogP contribution in [-0.4, -0.2) is 51.3 Å². The summed E-state index contributed by atoms with van der Waals surface area (Å²) in [5, 5.41) is 3.18. The minimum absolute atomic E-state index is 0.661. The third kappa shape index (κ3) is 3.56. The van der Waals surface area contributed by atoms with Crippen molar-refractivity contribution in [2.24, 2.45) is 5.92 Å². The first-order chi connectivity index (χ1) is 6.75. The van der Waals surface area contributed by atoms with Gasteiger partial charge in [-0.25, -0.2) is 0 Å². The molecule has 0 aromatic carbocycles. The van der Waals surface area contributed by atoms with Crippen molar-refractivity contribution in [2.45, 2.75) is 25.8 Å². The summed E-state index contributed by atoms with van der Waals surface area (Å²) >= 11 is 0. The van der Waals surface area contributed by atoms with Gasteiger partial charge < -0.3 is 15.0 Å². The van der Waals surface area contributed by atoms with Gasteiger partial charge in [0.2, 0.25) is 0 Å². The zero-order valence-electron chi connectivity index (χ0n) is 9.75. The van der Waals surface area contributed by atoms with E-state index in [1.54, 1.807) is 0 Å². The van der Waals surface area contributed by atoms with Crippen molar-refractivity contribution in [3.05, 3.63) is 0 Å². The van der Waals surface area contributed by atoms with Crippen molar-refractivity contribution >= 4 is 0 Å². The van der Waals surface area contributed by atoms with E-state index in [0.29, 0.717) is 6.04 Å². The number of rotatable bonds is 6. The number of hydrogen-bond acceptors (Lipinski definition) is 3. The van der Waals surface area contributed by atoms with Crippen molar-refractivity contribution in [3.8, 4) is 0 Å². The molecule has 1 N–H and O–H groups in total. The van der Waals surface area contributed by atoms with E-state index in [9.17, 15) is 0 Å². The highest BCUT2D eigenvalue weighted by Crippen LogP contribution is 2.19. The molecule has 3 nitrogen and oxygen atoms in total. The van der Waals surface area contributed by atoms with Gasteiger partial charge in [0.1, 0.15) is 0 Å². The summed E-state index contributed by atoms with van der Waals surface area (Å²) in [6.45, 7) is 6.52. The molecule has 84 valence electrons. The molecule has 3 heteroatoms.